The highest BCUT2D eigenvalue weighted by Gasteiger charge is 2.11. The fraction of sp³-hybridized carbons (Fsp3) is 0.500. The van der Waals surface area contributed by atoms with Crippen molar-refractivity contribution in [2.24, 2.45) is 0 Å². The number of nitrogens with one attached hydrogen (secondary N) is 2. The number of carbonyl (C=O) groups is 1. The number of hydrogen-bond acceptors (Lipinski definition) is 4. The van der Waals surface area contributed by atoms with Crippen LogP contribution in [0.2, 0.25) is 0 Å². The summed E-state index contributed by atoms with van der Waals surface area (Å²) in [5.74, 6) is 0.945. The van der Waals surface area contributed by atoms with E-state index < -0.39 is 0 Å². The molecule has 0 bridgehead atoms. The van der Waals surface area contributed by atoms with Gasteiger partial charge in [-0.3, -0.25) is 4.79 Å². The quantitative estimate of drug-likeness (QED) is 0.677. The molecule has 2 rings (SSSR count). The van der Waals surface area contributed by atoms with Crippen molar-refractivity contribution in [3.63, 3.8) is 0 Å². The molecule has 2 aromatic rings. The average Bonchev–Trinajstić information content (AvgIpc) is 2.89. The summed E-state index contributed by atoms with van der Waals surface area (Å²) in [4.78, 5) is 16.7. The second-order valence-electron chi connectivity index (χ2n) is 5.05. The topological polar surface area (TPSA) is 68.2 Å². The van der Waals surface area contributed by atoms with Gasteiger partial charge < -0.3 is 19.9 Å². The normalized spacial score (nSPS) is 10.5. The van der Waals surface area contributed by atoms with Crippen LogP contribution in [0, 0.1) is 0 Å². The van der Waals surface area contributed by atoms with Crippen LogP contribution < -0.4 is 10.6 Å². The third kappa shape index (κ3) is 5.49. The maximum Gasteiger partial charge on any atom is 0.240 e. The first-order valence-electron chi connectivity index (χ1n) is 7.66. The van der Waals surface area contributed by atoms with Crippen molar-refractivity contribution >= 4 is 29.3 Å². The number of methoxy groups -OCH3 is 1. The van der Waals surface area contributed by atoms with Gasteiger partial charge in [0.2, 0.25) is 5.91 Å². The first-order chi connectivity index (χ1) is 10.8. The number of fused-ring (bicyclic) bond motifs is 1. The Hall–Kier alpha value is -1.63. The molecule has 2 N–H and O–H groups in total. The Labute approximate surface area is 143 Å². The minimum atomic E-state index is 0. The molecule has 1 amide bonds. The van der Waals surface area contributed by atoms with Gasteiger partial charge in [-0.15, -0.1) is 12.4 Å². The van der Waals surface area contributed by atoms with Crippen LogP contribution in [-0.2, 0) is 22.5 Å². The summed E-state index contributed by atoms with van der Waals surface area (Å²) in [6.45, 7) is 5.17. The van der Waals surface area contributed by atoms with Gasteiger partial charge in [0.1, 0.15) is 12.4 Å². The summed E-state index contributed by atoms with van der Waals surface area (Å²) in [5.41, 5.74) is 1.95. The largest absolute Gasteiger partial charge is 0.383 e. The number of hydrogen-bond donors (Lipinski definition) is 2. The Morgan fingerprint density at radius 2 is 2.04 bits per heavy atom. The van der Waals surface area contributed by atoms with Crippen molar-refractivity contribution < 1.29 is 9.53 Å². The van der Waals surface area contributed by atoms with Crippen molar-refractivity contribution in [2.45, 2.75) is 19.9 Å². The number of nitrogens with zero attached hydrogens (tertiary/aromatic N) is 2. The molecular weight excluding hydrogens is 316 g/mol. The number of imidazole rings is 1. The molecule has 0 radical (unpaired) electrons. The van der Waals surface area contributed by atoms with Gasteiger partial charge in [-0.25, -0.2) is 4.98 Å². The molecular formula is C16H25ClN4O2. The fourth-order valence-corrected chi connectivity index (χ4v) is 2.36. The standard InChI is InChI=1S/C16H24N4O2.ClH/c1-3-15-19-13-6-4-5-7-14(13)20(15)12-16(21)18-9-8-17-10-11-22-2;/h4-7,17H,3,8-12H2,1-2H3,(H,18,21);1H. The first-order valence-corrected chi connectivity index (χ1v) is 7.66. The molecule has 1 aromatic carbocycles. The van der Waals surface area contributed by atoms with Gasteiger partial charge in [0, 0.05) is 33.2 Å². The van der Waals surface area contributed by atoms with E-state index in [0.717, 1.165) is 36.4 Å². The van der Waals surface area contributed by atoms with E-state index in [9.17, 15) is 4.79 Å². The van der Waals surface area contributed by atoms with Crippen molar-refractivity contribution in [1.82, 2.24) is 20.2 Å². The van der Waals surface area contributed by atoms with Gasteiger partial charge in [0.25, 0.3) is 0 Å². The van der Waals surface area contributed by atoms with Crippen LogP contribution >= 0.6 is 12.4 Å². The molecule has 0 atom stereocenters. The van der Waals surface area contributed by atoms with Gasteiger partial charge in [-0.05, 0) is 12.1 Å². The molecule has 0 aliphatic rings. The molecule has 0 spiro atoms. The Balaban J connectivity index is 0.00000264. The molecule has 0 aliphatic heterocycles. The number of rotatable bonds is 9. The summed E-state index contributed by atoms with van der Waals surface area (Å²) < 4.78 is 6.94. The number of aromatic nitrogens is 2. The highest BCUT2D eigenvalue weighted by Crippen LogP contribution is 2.16. The third-order valence-electron chi connectivity index (χ3n) is 3.46. The van der Waals surface area contributed by atoms with Crippen molar-refractivity contribution in [1.29, 1.82) is 0 Å². The van der Waals surface area contributed by atoms with E-state index >= 15 is 0 Å². The van der Waals surface area contributed by atoms with E-state index in [1.54, 1.807) is 7.11 Å². The third-order valence-corrected chi connectivity index (χ3v) is 3.46. The number of amides is 1. The monoisotopic (exact) mass is 340 g/mol. The summed E-state index contributed by atoms with van der Waals surface area (Å²) in [5, 5.41) is 6.12. The van der Waals surface area contributed by atoms with E-state index in [1.165, 1.54) is 0 Å². The highest BCUT2D eigenvalue weighted by atomic mass is 35.5. The zero-order valence-electron chi connectivity index (χ0n) is 13.7. The maximum absolute atomic E-state index is 12.1. The number of carbonyl (C=O) groups excluding carboxylic acids is 1. The molecule has 6 nitrogen and oxygen atoms in total. The number of aryl methyl sites for hydroxylation is 1. The average molecular weight is 341 g/mol. The number of para-hydroxylation sites is 2. The van der Waals surface area contributed by atoms with Gasteiger partial charge in [0.15, 0.2) is 0 Å². The van der Waals surface area contributed by atoms with Crippen molar-refractivity contribution in [3.05, 3.63) is 30.1 Å². The summed E-state index contributed by atoms with van der Waals surface area (Å²) in [6.07, 6.45) is 0.806. The van der Waals surface area contributed by atoms with Crippen molar-refractivity contribution in [3.8, 4) is 0 Å². The van der Waals surface area contributed by atoms with E-state index in [2.05, 4.69) is 22.5 Å². The number of benzene rings is 1. The lowest BCUT2D eigenvalue weighted by Crippen LogP contribution is -2.35. The molecule has 0 aliphatic carbocycles. The predicted molar refractivity (Wildman–Crippen MR) is 94.1 cm³/mol. The smallest absolute Gasteiger partial charge is 0.240 e. The lowest BCUT2D eigenvalue weighted by molar-refractivity contribution is -0.121. The Morgan fingerprint density at radius 3 is 2.78 bits per heavy atom. The second kappa shape index (κ2) is 10.2. The SMILES string of the molecule is CCc1nc2ccccc2n1CC(=O)NCCNCCOC.Cl. The molecule has 0 fully saturated rings. The first kappa shape index (κ1) is 19.4. The van der Waals surface area contributed by atoms with E-state index in [-0.39, 0.29) is 18.3 Å². The van der Waals surface area contributed by atoms with Crippen molar-refractivity contribution in [2.75, 3.05) is 33.4 Å². The molecule has 1 aromatic heterocycles. The lowest BCUT2D eigenvalue weighted by atomic mass is 10.3. The van der Waals surface area contributed by atoms with Crippen LogP contribution in [0.4, 0.5) is 0 Å². The van der Waals surface area contributed by atoms with Crippen LogP contribution in [-0.4, -0.2) is 48.8 Å². The molecule has 0 saturated heterocycles. The van der Waals surface area contributed by atoms with Gasteiger partial charge in [-0.1, -0.05) is 19.1 Å². The fourth-order valence-electron chi connectivity index (χ4n) is 2.36. The van der Waals surface area contributed by atoms with E-state index in [4.69, 9.17) is 4.74 Å². The Kier molecular flexibility index (Phi) is 8.61. The minimum absolute atomic E-state index is 0. The Bertz CT molecular complexity index is 615. The second-order valence-corrected chi connectivity index (χ2v) is 5.05. The van der Waals surface area contributed by atoms with Crippen LogP contribution in [0.5, 0.6) is 0 Å². The molecule has 7 heteroatoms. The minimum Gasteiger partial charge on any atom is -0.383 e. The zero-order chi connectivity index (χ0) is 15.8. The van der Waals surface area contributed by atoms with Crippen LogP contribution in [0.3, 0.4) is 0 Å². The number of ether oxygens (including phenoxy) is 1. The molecule has 128 valence electrons. The van der Waals surface area contributed by atoms with Crippen LogP contribution in [0.25, 0.3) is 11.0 Å². The summed E-state index contributed by atoms with van der Waals surface area (Å²) >= 11 is 0. The van der Waals surface area contributed by atoms with Gasteiger partial charge >= 0.3 is 0 Å². The molecule has 0 saturated carbocycles. The summed E-state index contributed by atoms with van der Waals surface area (Å²) in [6, 6.07) is 7.91. The van der Waals surface area contributed by atoms with E-state index in [1.807, 2.05) is 28.8 Å². The van der Waals surface area contributed by atoms with Crippen LogP contribution in [0.15, 0.2) is 24.3 Å². The van der Waals surface area contributed by atoms with Gasteiger partial charge in [0.05, 0.1) is 17.6 Å². The van der Waals surface area contributed by atoms with Crippen LogP contribution in [0.1, 0.15) is 12.7 Å². The molecule has 1 heterocycles. The lowest BCUT2D eigenvalue weighted by Gasteiger charge is -2.09. The maximum atomic E-state index is 12.1. The molecule has 23 heavy (non-hydrogen) atoms. The summed E-state index contributed by atoms with van der Waals surface area (Å²) in [7, 11) is 1.67. The van der Waals surface area contributed by atoms with E-state index in [0.29, 0.717) is 19.7 Å². The Morgan fingerprint density at radius 1 is 1.26 bits per heavy atom. The highest BCUT2D eigenvalue weighted by molar-refractivity contribution is 5.85. The molecule has 0 unspecified atom stereocenters. The van der Waals surface area contributed by atoms with Gasteiger partial charge in [-0.2, -0.15) is 0 Å². The predicted octanol–water partition coefficient (Wildman–Crippen LogP) is 1.37. The zero-order valence-corrected chi connectivity index (χ0v) is 14.5. The number of halogens is 1.